The summed E-state index contributed by atoms with van der Waals surface area (Å²) in [4.78, 5) is 29.7. The van der Waals surface area contributed by atoms with E-state index >= 15 is 0 Å². The number of halogens is 3. The lowest BCUT2D eigenvalue weighted by molar-refractivity contribution is -0.137. The van der Waals surface area contributed by atoms with Crippen molar-refractivity contribution in [2.24, 2.45) is 5.41 Å². The topological polar surface area (TPSA) is 49.9 Å². The van der Waals surface area contributed by atoms with Gasteiger partial charge >= 0.3 is 6.18 Å². The molecule has 5 rings (SSSR count). The number of carbonyl (C=O) groups excluding carboxylic acids is 2. The molecule has 0 aliphatic carbocycles. The first-order chi connectivity index (χ1) is 18.0. The van der Waals surface area contributed by atoms with Crippen molar-refractivity contribution < 1.29 is 27.5 Å². The quantitative estimate of drug-likeness (QED) is 0.393. The fourth-order valence-corrected chi connectivity index (χ4v) is 5.33. The molecule has 0 aromatic heterocycles. The summed E-state index contributed by atoms with van der Waals surface area (Å²) in [5, 5.41) is 0. The van der Waals surface area contributed by atoms with Crippen molar-refractivity contribution in [2.45, 2.75) is 32.9 Å². The van der Waals surface area contributed by atoms with Crippen LogP contribution < -0.4 is 4.74 Å². The molecule has 5 nitrogen and oxygen atoms in total. The minimum atomic E-state index is -4.40. The van der Waals surface area contributed by atoms with E-state index in [2.05, 4.69) is 0 Å². The summed E-state index contributed by atoms with van der Waals surface area (Å²) in [5.74, 6) is 0.722. The number of piperidine rings is 1. The highest BCUT2D eigenvalue weighted by molar-refractivity contribution is 5.96. The van der Waals surface area contributed by atoms with Gasteiger partial charge in [-0.15, -0.1) is 0 Å². The van der Waals surface area contributed by atoms with Crippen LogP contribution in [-0.2, 0) is 6.18 Å². The highest BCUT2D eigenvalue weighted by Gasteiger charge is 2.47. The summed E-state index contributed by atoms with van der Waals surface area (Å²) in [6.45, 7) is 6.69. The fourth-order valence-electron chi connectivity index (χ4n) is 5.33. The number of nitrogens with zero attached hydrogens (tertiary/aromatic N) is 2. The van der Waals surface area contributed by atoms with Crippen LogP contribution in [-0.4, -0.2) is 47.8 Å². The SMILES string of the molecule is Cc1ccc(C(=O)N2CC3(CCN(C(=O)c4ccc(Oc5ccc(C(F)(F)F)cc5)cc4)CC3)C2)c(C)c1. The number of alkyl halides is 3. The highest BCUT2D eigenvalue weighted by atomic mass is 19.4. The van der Waals surface area contributed by atoms with Gasteiger partial charge in [-0.1, -0.05) is 17.7 Å². The van der Waals surface area contributed by atoms with E-state index in [-0.39, 0.29) is 23.0 Å². The standard InChI is InChI=1S/C30H29F3N2O3/c1-20-3-12-26(21(2)17-20)28(37)35-18-29(19-35)13-15-34(16-14-29)27(36)22-4-8-24(9-5-22)38-25-10-6-23(7-11-25)30(31,32)33/h3-12,17H,13-16,18-19H2,1-2H3. The second kappa shape index (κ2) is 9.82. The van der Waals surface area contributed by atoms with Crippen molar-refractivity contribution in [3.63, 3.8) is 0 Å². The monoisotopic (exact) mass is 522 g/mol. The van der Waals surface area contributed by atoms with Gasteiger partial charge in [-0.05, 0) is 86.8 Å². The minimum absolute atomic E-state index is 0.0662. The van der Waals surface area contributed by atoms with Crippen molar-refractivity contribution in [3.8, 4) is 11.5 Å². The Morgan fingerprint density at radius 1 is 0.789 bits per heavy atom. The summed E-state index contributed by atoms with van der Waals surface area (Å²) in [6, 6.07) is 17.0. The van der Waals surface area contributed by atoms with Gasteiger partial charge in [0.15, 0.2) is 0 Å². The molecule has 1 spiro atoms. The van der Waals surface area contributed by atoms with Gasteiger partial charge in [0.05, 0.1) is 5.56 Å². The first-order valence-electron chi connectivity index (χ1n) is 12.6. The van der Waals surface area contributed by atoms with Gasteiger partial charge in [0, 0.05) is 42.7 Å². The van der Waals surface area contributed by atoms with Crippen LogP contribution in [0.1, 0.15) is 50.2 Å². The van der Waals surface area contributed by atoms with E-state index < -0.39 is 11.7 Å². The van der Waals surface area contributed by atoms with E-state index in [0.29, 0.717) is 24.4 Å². The molecule has 2 fully saturated rings. The van der Waals surface area contributed by atoms with Crippen LogP contribution in [0.4, 0.5) is 13.2 Å². The van der Waals surface area contributed by atoms with Gasteiger partial charge in [-0.2, -0.15) is 13.2 Å². The molecular formula is C30H29F3N2O3. The van der Waals surface area contributed by atoms with Gasteiger partial charge in [0.25, 0.3) is 11.8 Å². The van der Waals surface area contributed by atoms with Crippen LogP contribution in [0.15, 0.2) is 66.7 Å². The van der Waals surface area contributed by atoms with Crippen LogP contribution in [0.25, 0.3) is 0 Å². The first-order valence-corrected chi connectivity index (χ1v) is 12.6. The van der Waals surface area contributed by atoms with Gasteiger partial charge in [-0.25, -0.2) is 0 Å². The number of benzene rings is 3. The number of rotatable bonds is 4. The average molecular weight is 523 g/mol. The molecule has 2 aliphatic heterocycles. The molecule has 8 heteroatoms. The molecule has 0 bridgehead atoms. The molecule has 38 heavy (non-hydrogen) atoms. The van der Waals surface area contributed by atoms with E-state index in [1.54, 1.807) is 24.3 Å². The predicted molar refractivity (Wildman–Crippen MR) is 137 cm³/mol. The summed E-state index contributed by atoms with van der Waals surface area (Å²) in [7, 11) is 0. The van der Waals surface area contributed by atoms with Gasteiger partial charge < -0.3 is 14.5 Å². The van der Waals surface area contributed by atoms with E-state index in [4.69, 9.17) is 4.74 Å². The molecule has 3 aromatic rings. The maximum absolute atomic E-state index is 13.1. The highest BCUT2D eigenvalue weighted by Crippen LogP contribution is 2.41. The Labute approximate surface area is 219 Å². The van der Waals surface area contributed by atoms with Crippen molar-refractivity contribution in [2.75, 3.05) is 26.2 Å². The van der Waals surface area contributed by atoms with E-state index in [1.165, 1.54) is 12.1 Å². The Bertz CT molecular complexity index is 1330. The molecule has 2 saturated heterocycles. The molecule has 0 atom stereocenters. The number of likely N-dealkylation sites (tertiary alicyclic amines) is 2. The lowest BCUT2D eigenvalue weighted by Crippen LogP contribution is -2.62. The van der Waals surface area contributed by atoms with Crippen molar-refractivity contribution in [1.29, 1.82) is 0 Å². The maximum atomic E-state index is 13.1. The van der Waals surface area contributed by atoms with Gasteiger partial charge in [0.2, 0.25) is 0 Å². The number of aryl methyl sites for hydroxylation is 2. The smallest absolute Gasteiger partial charge is 0.416 e. The predicted octanol–water partition coefficient (Wildman–Crippen LogP) is 6.49. The fraction of sp³-hybridized carbons (Fsp3) is 0.333. The molecule has 0 unspecified atom stereocenters. The van der Waals surface area contributed by atoms with Crippen molar-refractivity contribution in [3.05, 3.63) is 94.5 Å². The number of carbonyl (C=O) groups is 2. The third-order valence-corrected chi connectivity index (χ3v) is 7.58. The summed E-state index contributed by atoms with van der Waals surface area (Å²) < 4.78 is 43.8. The van der Waals surface area contributed by atoms with Crippen LogP contribution in [0, 0.1) is 19.3 Å². The Hall–Kier alpha value is -3.81. The van der Waals surface area contributed by atoms with Crippen LogP contribution in [0.2, 0.25) is 0 Å². The molecule has 2 amide bonds. The molecule has 2 heterocycles. The van der Waals surface area contributed by atoms with E-state index in [9.17, 15) is 22.8 Å². The maximum Gasteiger partial charge on any atom is 0.416 e. The van der Waals surface area contributed by atoms with Crippen LogP contribution in [0.3, 0.4) is 0 Å². The Kier molecular flexibility index (Phi) is 6.67. The molecule has 0 radical (unpaired) electrons. The van der Waals surface area contributed by atoms with Crippen molar-refractivity contribution >= 4 is 11.8 Å². The number of amides is 2. The molecule has 0 N–H and O–H groups in total. The van der Waals surface area contributed by atoms with Crippen molar-refractivity contribution in [1.82, 2.24) is 9.80 Å². The zero-order chi connectivity index (χ0) is 27.1. The van der Waals surface area contributed by atoms with Gasteiger partial charge in [0.1, 0.15) is 11.5 Å². The van der Waals surface area contributed by atoms with Gasteiger partial charge in [-0.3, -0.25) is 9.59 Å². The van der Waals surface area contributed by atoms with Crippen LogP contribution in [0.5, 0.6) is 11.5 Å². The molecule has 3 aromatic carbocycles. The molecule has 198 valence electrons. The number of ether oxygens (including phenoxy) is 1. The molecular weight excluding hydrogens is 493 g/mol. The first kappa shape index (κ1) is 25.8. The summed E-state index contributed by atoms with van der Waals surface area (Å²) in [6.07, 6.45) is -2.69. The lowest BCUT2D eigenvalue weighted by Gasteiger charge is -2.54. The Morgan fingerprint density at radius 3 is 1.92 bits per heavy atom. The third-order valence-electron chi connectivity index (χ3n) is 7.58. The molecule has 2 aliphatic rings. The van der Waals surface area contributed by atoms with E-state index in [1.807, 2.05) is 41.8 Å². The second-order valence-electron chi connectivity index (χ2n) is 10.4. The summed E-state index contributed by atoms with van der Waals surface area (Å²) >= 11 is 0. The van der Waals surface area contributed by atoms with Crippen LogP contribution >= 0.6 is 0 Å². The number of hydrogen-bond donors (Lipinski definition) is 0. The zero-order valence-corrected chi connectivity index (χ0v) is 21.3. The Morgan fingerprint density at radius 2 is 1.37 bits per heavy atom. The second-order valence-corrected chi connectivity index (χ2v) is 10.4. The Balaban J connectivity index is 1.13. The van der Waals surface area contributed by atoms with E-state index in [0.717, 1.165) is 54.8 Å². The zero-order valence-electron chi connectivity index (χ0n) is 21.3. The average Bonchev–Trinajstić information content (AvgIpc) is 2.87. The third kappa shape index (κ3) is 5.26. The summed E-state index contributed by atoms with van der Waals surface area (Å²) in [5.41, 5.74) is 2.75. The number of hydrogen-bond acceptors (Lipinski definition) is 3. The minimum Gasteiger partial charge on any atom is -0.457 e. The largest absolute Gasteiger partial charge is 0.457 e. The normalized spacial score (nSPS) is 16.8. The lowest BCUT2D eigenvalue weighted by atomic mass is 9.71. The molecule has 0 saturated carbocycles.